The molecule has 2 N–H and O–H groups in total. The van der Waals surface area contributed by atoms with Crippen LogP contribution in [0.15, 0.2) is 18.2 Å². The Labute approximate surface area is 114 Å². The largest absolute Gasteiger partial charge is 0.355 e. The molecule has 102 valence electrons. The Morgan fingerprint density at radius 2 is 1.95 bits per heavy atom. The smallest absolute Gasteiger partial charge is 0.300 e. The molecule has 0 saturated heterocycles. The maximum Gasteiger partial charge on any atom is 0.300 e. The first-order valence-electron chi connectivity index (χ1n) is 5.39. The molecule has 8 heteroatoms. The van der Waals surface area contributed by atoms with Crippen LogP contribution in [0.2, 0.25) is 5.02 Å². The summed E-state index contributed by atoms with van der Waals surface area (Å²) in [7, 11) is 0. The van der Waals surface area contributed by atoms with Crippen molar-refractivity contribution < 1.29 is 14.5 Å². The van der Waals surface area contributed by atoms with Crippen molar-refractivity contribution in [1.29, 1.82) is 0 Å². The van der Waals surface area contributed by atoms with Crippen molar-refractivity contribution in [2.75, 3.05) is 13.1 Å². The van der Waals surface area contributed by atoms with E-state index in [2.05, 4.69) is 10.6 Å². The summed E-state index contributed by atoms with van der Waals surface area (Å²) in [5.41, 5.74) is -0.540. The van der Waals surface area contributed by atoms with Crippen molar-refractivity contribution in [3.8, 4) is 0 Å². The summed E-state index contributed by atoms with van der Waals surface area (Å²) < 4.78 is 0. The van der Waals surface area contributed by atoms with Crippen LogP contribution in [0.5, 0.6) is 0 Å². The van der Waals surface area contributed by atoms with Crippen molar-refractivity contribution in [3.63, 3.8) is 0 Å². The fourth-order valence-corrected chi connectivity index (χ4v) is 1.64. The highest BCUT2D eigenvalue weighted by molar-refractivity contribution is 6.33. The first kappa shape index (κ1) is 14.9. The van der Waals surface area contributed by atoms with Gasteiger partial charge in [-0.1, -0.05) is 17.7 Å². The Kier molecular flexibility index (Phi) is 5.25. The predicted molar refractivity (Wildman–Crippen MR) is 69.1 cm³/mol. The van der Waals surface area contributed by atoms with Gasteiger partial charge in [0.2, 0.25) is 5.91 Å². The molecule has 0 heterocycles. The fourth-order valence-electron chi connectivity index (χ4n) is 1.39. The Bertz CT molecular complexity index is 519. The van der Waals surface area contributed by atoms with Crippen LogP contribution in [0.1, 0.15) is 17.3 Å². The van der Waals surface area contributed by atoms with Crippen molar-refractivity contribution in [1.82, 2.24) is 10.6 Å². The third-order valence-corrected chi connectivity index (χ3v) is 2.50. The number of nitro groups is 1. The topological polar surface area (TPSA) is 101 Å². The molecule has 1 aromatic rings. The summed E-state index contributed by atoms with van der Waals surface area (Å²) in [4.78, 5) is 32.5. The zero-order valence-electron chi connectivity index (χ0n) is 10.1. The Morgan fingerprint density at radius 3 is 2.53 bits per heavy atom. The molecule has 1 rings (SSSR count). The molecule has 0 fully saturated rings. The van der Waals surface area contributed by atoms with E-state index in [1.807, 2.05) is 0 Å². The van der Waals surface area contributed by atoms with Gasteiger partial charge in [0, 0.05) is 20.0 Å². The minimum Gasteiger partial charge on any atom is -0.355 e. The number of nitro benzene ring substituents is 1. The lowest BCUT2D eigenvalue weighted by molar-refractivity contribution is -0.385. The molecule has 0 unspecified atom stereocenters. The highest BCUT2D eigenvalue weighted by Gasteiger charge is 2.23. The summed E-state index contributed by atoms with van der Waals surface area (Å²) in [6, 6.07) is 4.11. The molecule has 2 amide bonds. The van der Waals surface area contributed by atoms with Crippen molar-refractivity contribution in [3.05, 3.63) is 38.9 Å². The van der Waals surface area contributed by atoms with Gasteiger partial charge in [-0.2, -0.15) is 0 Å². The van der Waals surface area contributed by atoms with E-state index in [0.717, 1.165) is 0 Å². The monoisotopic (exact) mass is 285 g/mol. The van der Waals surface area contributed by atoms with Crippen molar-refractivity contribution in [2.45, 2.75) is 6.92 Å². The lowest BCUT2D eigenvalue weighted by atomic mass is 10.1. The van der Waals surface area contributed by atoms with Crippen LogP contribution in [0.3, 0.4) is 0 Å². The van der Waals surface area contributed by atoms with Crippen LogP contribution in [-0.4, -0.2) is 29.8 Å². The summed E-state index contributed by atoms with van der Waals surface area (Å²) in [6.07, 6.45) is 0. The van der Waals surface area contributed by atoms with Crippen LogP contribution >= 0.6 is 11.6 Å². The second-order valence-electron chi connectivity index (χ2n) is 3.63. The van der Waals surface area contributed by atoms with E-state index in [1.165, 1.54) is 25.1 Å². The highest BCUT2D eigenvalue weighted by Crippen LogP contribution is 2.27. The third-order valence-electron chi connectivity index (χ3n) is 2.20. The number of benzene rings is 1. The molecular weight excluding hydrogens is 274 g/mol. The van der Waals surface area contributed by atoms with E-state index in [1.54, 1.807) is 0 Å². The zero-order chi connectivity index (χ0) is 14.4. The average Bonchev–Trinajstić information content (AvgIpc) is 2.33. The highest BCUT2D eigenvalue weighted by atomic mass is 35.5. The predicted octanol–water partition coefficient (Wildman–Crippen LogP) is 1.11. The lowest BCUT2D eigenvalue weighted by Gasteiger charge is -2.06. The molecule has 0 aromatic heterocycles. The Hall–Kier alpha value is -2.15. The molecule has 1 aromatic carbocycles. The van der Waals surface area contributed by atoms with E-state index >= 15 is 0 Å². The summed E-state index contributed by atoms with van der Waals surface area (Å²) >= 11 is 5.69. The molecular formula is C11H12ClN3O4. The van der Waals surface area contributed by atoms with Crippen molar-refractivity contribution >= 4 is 29.1 Å². The number of para-hydroxylation sites is 1. The van der Waals surface area contributed by atoms with E-state index < -0.39 is 16.5 Å². The van der Waals surface area contributed by atoms with Gasteiger partial charge in [-0.15, -0.1) is 0 Å². The summed E-state index contributed by atoms with van der Waals surface area (Å²) in [5, 5.41) is 15.7. The number of halogens is 1. The van der Waals surface area contributed by atoms with Gasteiger partial charge in [0.15, 0.2) is 0 Å². The van der Waals surface area contributed by atoms with E-state index in [0.29, 0.717) is 0 Å². The third kappa shape index (κ3) is 4.22. The van der Waals surface area contributed by atoms with Crippen LogP contribution in [0.4, 0.5) is 5.69 Å². The van der Waals surface area contributed by atoms with Gasteiger partial charge in [-0.05, 0) is 12.1 Å². The summed E-state index contributed by atoms with van der Waals surface area (Å²) in [5.74, 6) is -0.831. The Morgan fingerprint density at radius 1 is 1.32 bits per heavy atom. The zero-order valence-corrected chi connectivity index (χ0v) is 10.9. The first-order chi connectivity index (χ1) is 8.93. The van der Waals surface area contributed by atoms with Gasteiger partial charge < -0.3 is 10.6 Å². The number of carbonyl (C=O) groups is 2. The van der Waals surface area contributed by atoms with Crippen LogP contribution in [0, 0.1) is 10.1 Å². The van der Waals surface area contributed by atoms with Gasteiger partial charge in [0.05, 0.1) is 4.92 Å². The quantitative estimate of drug-likeness (QED) is 0.481. The molecule has 0 bridgehead atoms. The minimum absolute atomic E-state index is 0.0977. The molecule has 19 heavy (non-hydrogen) atoms. The number of hydrogen-bond donors (Lipinski definition) is 2. The number of rotatable bonds is 5. The molecule has 0 spiro atoms. The number of nitrogens with one attached hydrogen (secondary N) is 2. The number of nitrogens with zero attached hydrogens (tertiary/aromatic N) is 1. The molecule has 0 saturated carbocycles. The van der Waals surface area contributed by atoms with E-state index in [9.17, 15) is 19.7 Å². The van der Waals surface area contributed by atoms with Crippen molar-refractivity contribution in [2.24, 2.45) is 0 Å². The Balaban J connectivity index is 2.74. The summed E-state index contributed by atoms with van der Waals surface area (Å²) in [6.45, 7) is 1.77. The van der Waals surface area contributed by atoms with Gasteiger partial charge in [0.25, 0.3) is 5.91 Å². The van der Waals surface area contributed by atoms with Crippen LogP contribution in [-0.2, 0) is 4.79 Å². The van der Waals surface area contributed by atoms with E-state index in [4.69, 9.17) is 11.6 Å². The fraction of sp³-hybridized carbons (Fsp3) is 0.273. The normalized spacial score (nSPS) is 9.79. The minimum atomic E-state index is -0.703. The second kappa shape index (κ2) is 6.69. The maximum atomic E-state index is 11.8. The lowest BCUT2D eigenvalue weighted by Crippen LogP contribution is -2.33. The van der Waals surface area contributed by atoms with Crippen LogP contribution in [0.25, 0.3) is 0 Å². The SMILES string of the molecule is CC(=O)NCCNC(=O)c1cccc(Cl)c1[N+](=O)[O-]. The van der Waals surface area contributed by atoms with Crippen LogP contribution < -0.4 is 10.6 Å². The molecule has 7 nitrogen and oxygen atoms in total. The molecule has 0 radical (unpaired) electrons. The average molecular weight is 286 g/mol. The van der Waals surface area contributed by atoms with E-state index in [-0.39, 0.29) is 29.6 Å². The number of hydrogen-bond acceptors (Lipinski definition) is 4. The molecule has 0 aliphatic carbocycles. The van der Waals surface area contributed by atoms with Gasteiger partial charge in [-0.3, -0.25) is 19.7 Å². The molecule has 0 aliphatic heterocycles. The standard InChI is InChI=1S/C11H12ClN3O4/c1-7(16)13-5-6-14-11(17)8-3-2-4-9(12)10(8)15(18)19/h2-4H,5-6H2,1H3,(H,13,16)(H,14,17). The maximum absolute atomic E-state index is 11.8. The number of carbonyl (C=O) groups excluding carboxylic acids is 2. The molecule has 0 aliphatic rings. The number of amides is 2. The van der Waals surface area contributed by atoms with Gasteiger partial charge in [-0.25, -0.2) is 0 Å². The second-order valence-corrected chi connectivity index (χ2v) is 4.04. The van der Waals surface area contributed by atoms with Gasteiger partial charge in [0.1, 0.15) is 10.6 Å². The van der Waals surface area contributed by atoms with Gasteiger partial charge >= 0.3 is 5.69 Å². The molecule has 0 atom stereocenters. The first-order valence-corrected chi connectivity index (χ1v) is 5.77.